The molecule has 0 aromatic heterocycles. The smallest absolute Gasteiger partial charge is 0.381 e. The monoisotopic (exact) mass is 1520 g/mol. The number of carbonyl (C=O) groups is 12. The van der Waals surface area contributed by atoms with Crippen LogP contribution in [-0.2, 0) is 67.0 Å². The van der Waals surface area contributed by atoms with Crippen LogP contribution in [0.1, 0.15) is 169 Å². The Morgan fingerprint density at radius 3 is 1.87 bits per heavy atom. The van der Waals surface area contributed by atoms with E-state index in [4.69, 9.17) is 9.47 Å². The first-order chi connectivity index (χ1) is 50.2. The second kappa shape index (κ2) is 37.5. The Bertz CT molecular complexity index is 3200. The molecule has 32 heteroatoms. The highest BCUT2D eigenvalue weighted by atomic mass is 19.4. The molecule has 2 bridgehead atoms. The second-order valence-corrected chi connectivity index (χ2v) is 31.7. The van der Waals surface area contributed by atoms with Crippen molar-refractivity contribution in [3.8, 4) is 0 Å². The van der Waals surface area contributed by atoms with Crippen LogP contribution < -0.4 is 10.6 Å². The minimum absolute atomic E-state index is 0.00581. The molecule has 107 heavy (non-hydrogen) atoms. The molecule has 0 aromatic rings. The molecule has 2 saturated heterocycles. The molecule has 7 rings (SSSR count). The zero-order valence-corrected chi connectivity index (χ0v) is 65.1. The first kappa shape index (κ1) is 87.1. The van der Waals surface area contributed by atoms with E-state index in [0.717, 1.165) is 24.5 Å². The fourth-order valence-corrected chi connectivity index (χ4v) is 17.2. The van der Waals surface area contributed by atoms with E-state index in [1.807, 2.05) is 6.92 Å². The van der Waals surface area contributed by atoms with Crippen molar-refractivity contribution < 1.29 is 93.4 Å². The summed E-state index contributed by atoms with van der Waals surface area (Å²) in [6.07, 6.45) is -4.47. The maximum Gasteiger partial charge on any atom is 0.394 e. The van der Waals surface area contributed by atoms with Gasteiger partial charge in [-0.25, -0.2) is 0 Å². The largest absolute Gasteiger partial charge is 0.394 e. The van der Waals surface area contributed by atoms with Crippen LogP contribution in [0, 0.1) is 41.4 Å². The summed E-state index contributed by atoms with van der Waals surface area (Å²) in [5, 5.41) is 5.61. The van der Waals surface area contributed by atoms with Crippen molar-refractivity contribution in [3.63, 3.8) is 0 Å². The van der Waals surface area contributed by atoms with E-state index in [0.29, 0.717) is 38.5 Å². The predicted molar refractivity (Wildman–Crippen MR) is 382 cm³/mol. The Morgan fingerprint density at radius 1 is 0.654 bits per heavy atom. The van der Waals surface area contributed by atoms with E-state index in [1.165, 1.54) is 95.0 Å². The summed E-state index contributed by atoms with van der Waals surface area (Å²) in [7, 11) is 13.7. The molecule has 2 N–H and O–H groups in total. The molecule has 13 atom stereocenters. The van der Waals surface area contributed by atoms with Crippen LogP contribution in [0.25, 0.3) is 0 Å². The third-order valence-corrected chi connectivity index (χ3v) is 24.4. The highest BCUT2D eigenvalue weighted by Gasteiger charge is 2.57. The van der Waals surface area contributed by atoms with Crippen LogP contribution in [0.4, 0.5) is 26.3 Å². The lowest BCUT2D eigenvalue weighted by Gasteiger charge is -2.51. The van der Waals surface area contributed by atoms with Crippen molar-refractivity contribution in [1.29, 1.82) is 0 Å². The molecule has 604 valence electrons. The summed E-state index contributed by atoms with van der Waals surface area (Å²) >= 11 is 0. The zero-order valence-electron chi connectivity index (χ0n) is 65.1. The van der Waals surface area contributed by atoms with Crippen LogP contribution in [0.2, 0.25) is 0 Å². The van der Waals surface area contributed by atoms with Crippen molar-refractivity contribution in [2.24, 2.45) is 41.4 Å². The lowest BCUT2D eigenvalue weighted by Crippen LogP contribution is -2.68. The van der Waals surface area contributed by atoms with E-state index in [2.05, 4.69) is 10.6 Å². The van der Waals surface area contributed by atoms with Crippen molar-refractivity contribution in [1.82, 2.24) is 59.6 Å². The van der Waals surface area contributed by atoms with Gasteiger partial charge in [0.25, 0.3) is 0 Å². The number of methoxy groups -OCH3 is 1. The summed E-state index contributed by atoms with van der Waals surface area (Å²) in [4.78, 5) is 194. The number of ether oxygens (including phenoxy) is 2. The SMILES string of the molecule is CCOC[C@H]1C(=O)N[C@@H]([C@@H](C)CC)C(=O)N(C)CC(=O)N(C)[C@H]2C/C=C\CCN(C2=O)[C@@H](CC2CCC(C(F)(F)F)CC2)C(=O)N(C)CC(=O)N[C@@H](CCC2CCC(C(F)(F)F)C(OC)C2)C(=O)N2C[C@@H](C)C[C@H]2C(=O)N(C)C2(CCC2)C(=O)N(C)[C@@H](C2CCCC2)C(=O)N(C)[C@H](C(=O)N(C)C)CC(=O)N1C. The minimum atomic E-state index is -4.55. The Kier molecular flexibility index (Phi) is 30.6. The second-order valence-electron chi connectivity index (χ2n) is 31.7. The summed E-state index contributed by atoms with van der Waals surface area (Å²) in [5.41, 5.74) is -1.55. The molecule has 6 fully saturated rings. The Balaban J connectivity index is 1.32. The van der Waals surface area contributed by atoms with Crippen LogP contribution in [-0.4, -0.2) is 302 Å². The third kappa shape index (κ3) is 20.7. The van der Waals surface area contributed by atoms with Crippen molar-refractivity contribution >= 4 is 70.9 Å². The van der Waals surface area contributed by atoms with Gasteiger partial charge in [0.2, 0.25) is 70.9 Å². The number of hydrogen-bond acceptors (Lipinski definition) is 14. The predicted octanol–water partition coefficient (Wildman–Crippen LogP) is 5.64. The van der Waals surface area contributed by atoms with Gasteiger partial charge in [-0.2, -0.15) is 26.3 Å². The van der Waals surface area contributed by atoms with E-state index < -0.39 is 198 Å². The Hall–Kier alpha value is -7.12. The van der Waals surface area contributed by atoms with Gasteiger partial charge in [-0.1, -0.05) is 52.2 Å². The molecular weight excluding hydrogens is 1410 g/mol. The van der Waals surface area contributed by atoms with Gasteiger partial charge in [0.15, 0.2) is 0 Å². The van der Waals surface area contributed by atoms with Crippen molar-refractivity contribution in [3.05, 3.63) is 12.2 Å². The average molecular weight is 1530 g/mol. The molecule has 3 aliphatic heterocycles. The van der Waals surface area contributed by atoms with Gasteiger partial charge >= 0.3 is 12.4 Å². The summed E-state index contributed by atoms with van der Waals surface area (Å²) in [6, 6.07) is -10.9. The molecule has 1 spiro atoms. The van der Waals surface area contributed by atoms with E-state index >= 15 is 28.8 Å². The topological polar surface area (TPSA) is 280 Å². The highest BCUT2D eigenvalue weighted by molar-refractivity contribution is 6.01. The first-order valence-corrected chi connectivity index (χ1v) is 38.4. The summed E-state index contributed by atoms with van der Waals surface area (Å²) in [5.74, 6) is -14.4. The van der Waals surface area contributed by atoms with Gasteiger partial charge in [0.1, 0.15) is 53.9 Å². The molecule has 0 aromatic carbocycles. The number of alkyl halides is 6. The molecule has 26 nitrogen and oxygen atoms in total. The van der Waals surface area contributed by atoms with Gasteiger partial charge < -0.3 is 69.1 Å². The number of fused-ring (bicyclic) bond motifs is 3. The van der Waals surface area contributed by atoms with Crippen molar-refractivity contribution in [2.75, 3.05) is 110 Å². The van der Waals surface area contributed by atoms with Gasteiger partial charge in [0.05, 0.1) is 44.1 Å². The lowest BCUT2D eigenvalue weighted by molar-refractivity contribution is -0.215. The number of nitrogens with zero attached hydrogens (tertiary/aromatic N) is 10. The lowest BCUT2D eigenvalue weighted by atomic mass is 9.73. The molecule has 12 amide bonds. The normalized spacial score (nSPS) is 31.5. The Morgan fingerprint density at radius 2 is 1.29 bits per heavy atom. The molecule has 4 aliphatic carbocycles. The number of rotatable bonds is 13. The molecule has 7 aliphatic rings. The van der Waals surface area contributed by atoms with E-state index in [-0.39, 0.29) is 129 Å². The maximum atomic E-state index is 15.7. The number of likely N-dealkylation sites (N-methyl/N-ethyl adjacent to an activating group) is 8. The maximum absolute atomic E-state index is 15.7. The number of hydrogen-bond donors (Lipinski definition) is 2. The molecule has 0 radical (unpaired) electrons. The van der Waals surface area contributed by atoms with Crippen molar-refractivity contribution in [2.45, 2.75) is 241 Å². The van der Waals surface area contributed by atoms with Crippen LogP contribution in [0.5, 0.6) is 0 Å². The average Bonchev–Trinajstić information content (AvgIpc) is 1.23. The quantitative estimate of drug-likeness (QED) is 0.167. The van der Waals surface area contributed by atoms with Crippen LogP contribution >= 0.6 is 0 Å². The number of carbonyl (C=O) groups excluding carboxylic acids is 12. The number of halogens is 6. The van der Waals surface area contributed by atoms with Gasteiger partial charge in [0, 0.05) is 90.2 Å². The van der Waals surface area contributed by atoms with Gasteiger partial charge in [-0.05, 0) is 152 Å². The molecular formula is C75H118F6N12O14. The number of amides is 12. The van der Waals surface area contributed by atoms with Crippen LogP contribution in [0.15, 0.2) is 12.2 Å². The zero-order chi connectivity index (χ0) is 79.5. The van der Waals surface area contributed by atoms with Gasteiger partial charge in [-0.3, -0.25) is 57.5 Å². The van der Waals surface area contributed by atoms with E-state index in [9.17, 15) is 55.1 Å². The van der Waals surface area contributed by atoms with Gasteiger partial charge in [-0.15, -0.1) is 0 Å². The Labute approximate surface area is 626 Å². The third-order valence-electron chi connectivity index (χ3n) is 24.4. The molecule has 4 saturated carbocycles. The molecule has 3 unspecified atom stereocenters. The molecule has 3 heterocycles. The first-order valence-electron chi connectivity index (χ1n) is 38.4. The van der Waals surface area contributed by atoms with Crippen LogP contribution in [0.3, 0.4) is 0 Å². The summed E-state index contributed by atoms with van der Waals surface area (Å²) < 4.78 is 96.4. The minimum Gasteiger partial charge on any atom is -0.381 e. The standard InChI is InChI=1S/C75H118F6N12O14/c1-15-46(4)62-70(103)86(8)43-61(96)87(9)53-25-18-17-21-36-92(69(53)102)56(38-47-26-30-50(31-27-47)74(76,77)78)67(100)85(7)42-59(94)82-52(33-29-48-28-32-51(75(79,80)81)58(39-48)106-14)65(98)93-41-45(3)37-55(93)68(101)91(13)73(34-22-35-73)72(105)90(12)63(49-23-19-20-24-49)71(104)89(11)54(66(99)84(5)6)40-60(95)88(10)57(44-107-16-2)64(97)83-62/h17-18,45-58,62-63H,15-16,19-44H2,1-14H3,(H,82,94)(H,83,97)/b18-17-/t45-,46-,47?,48?,50?,51?,52-,53-,54-,55-,56-,57-,58?,62-,63-/m0/s1. The number of nitrogens with one attached hydrogen (secondary N) is 2. The fourth-order valence-electron chi connectivity index (χ4n) is 17.2. The summed E-state index contributed by atoms with van der Waals surface area (Å²) in [6.45, 7) is 5.15. The highest BCUT2D eigenvalue weighted by Crippen LogP contribution is 2.46. The fraction of sp³-hybridized carbons (Fsp3) is 0.813. The van der Waals surface area contributed by atoms with E-state index in [1.54, 1.807) is 32.9 Å².